The molecule has 120 valence electrons. The third-order valence-electron chi connectivity index (χ3n) is 3.59. The van der Waals surface area contributed by atoms with Crippen molar-refractivity contribution in [1.82, 2.24) is 4.90 Å². The molecular formula is C20H22ClNO. The molecule has 0 aliphatic carbocycles. The Bertz CT molecular complexity index is 674. The van der Waals surface area contributed by atoms with E-state index in [0.717, 1.165) is 24.9 Å². The van der Waals surface area contributed by atoms with Crippen molar-refractivity contribution < 1.29 is 4.79 Å². The zero-order chi connectivity index (χ0) is 16.7. The second kappa shape index (κ2) is 8.66. The quantitative estimate of drug-likeness (QED) is 0.541. The van der Waals surface area contributed by atoms with Gasteiger partial charge in [0.1, 0.15) is 0 Å². The summed E-state index contributed by atoms with van der Waals surface area (Å²) in [7, 11) is 4.15. The molecule has 0 N–H and O–H groups in total. The lowest BCUT2D eigenvalue weighted by molar-refractivity contribution is 0.104. The lowest BCUT2D eigenvalue weighted by Gasteiger charge is -2.08. The first-order valence-corrected chi connectivity index (χ1v) is 8.14. The molecule has 23 heavy (non-hydrogen) atoms. The van der Waals surface area contributed by atoms with Crippen LogP contribution in [0.3, 0.4) is 0 Å². The van der Waals surface area contributed by atoms with Crippen LogP contribution in [0.25, 0.3) is 6.08 Å². The predicted octanol–water partition coefficient (Wildman–Crippen LogP) is 4.73. The maximum Gasteiger partial charge on any atom is 0.185 e. The molecule has 2 aromatic carbocycles. The second-order valence-electron chi connectivity index (χ2n) is 5.86. The molecule has 2 rings (SSSR count). The monoisotopic (exact) mass is 327 g/mol. The fourth-order valence-electron chi connectivity index (χ4n) is 2.31. The van der Waals surface area contributed by atoms with Crippen LogP contribution in [0.4, 0.5) is 0 Å². The molecule has 0 aliphatic heterocycles. The Morgan fingerprint density at radius 1 is 1.13 bits per heavy atom. The summed E-state index contributed by atoms with van der Waals surface area (Å²) in [4.78, 5) is 14.4. The van der Waals surface area contributed by atoms with Crippen LogP contribution in [0.15, 0.2) is 54.6 Å². The average Bonchev–Trinajstić information content (AvgIpc) is 2.53. The summed E-state index contributed by atoms with van der Waals surface area (Å²) < 4.78 is 0. The van der Waals surface area contributed by atoms with Crippen LogP contribution in [-0.4, -0.2) is 31.3 Å². The van der Waals surface area contributed by atoms with Gasteiger partial charge in [-0.3, -0.25) is 4.79 Å². The third kappa shape index (κ3) is 6.01. The van der Waals surface area contributed by atoms with Gasteiger partial charge in [0, 0.05) is 10.6 Å². The fourth-order valence-corrected chi connectivity index (χ4v) is 2.51. The second-order valence-corrected chi connectivity index (χ2v) is 6.29. The van der Waals surface area contributed by atoms with E-state index in [1.807, 2.05) is 48.5 Å². The first kappa shape index (κ1) is 17.5. The Labute approximate surface area is 143 Å². The van der Waals surface area contributed by atoms with E-state index in [1.165, 1.54) is 5.56 Å². The van der Waals surface area contributed by atoms with Crippen LogP contribution in [0.1, 0.15) is 27.9 Å². The Morgan fingerprint density at radius 3 is 2.52 bits per heavy atom. The van der Waals surface area contributed by atoms with Crippen molar-refractivity contribution >= 4 is 23.5 Å². The van der Waals surface area contributed by atoms with E-state index in [2.05, 4.69) is 19.0 Å². The van der Waals surface area contributed by atoms with Crippen molar-refractivity contribution in [2.45, 2.75) is 12.8 Å². The molecule has 0 bridgehead atoms. The Morgan fingerprint density at radius 2 is 1.87 bits per heavy atom. The summed E-state index contributed by atoms with van der Waals surface area (Å²) in [5.74, 6) is 0.00446. The minimum absolute atomic E-state index is 0.00446. The summed E-state index contributed by atoms with van der Waals surface area (Å²) in [5, 5.41) is 0.668. The number of halogens is 1. The fraction of sp³-hybridized carbons (Fsp3) is 0.250. The number of ketones is 1. The number of rotatable bonds is 7. The van der Waals surface area contributed by atoms with Gasteiger partial charge in [-0.15, -0.1) is 0 Å². The normalized spacial score (nSPS) is 11.3. The van der Waals surface area contributed by atoms with Crippen molar-refractivity contribution in [2.24, 2.45) is 0 Å². The van der Waals surface area contributed by atoms with Gasteiger partial charge in [-0.05, 0) is 62.8 Å². The summed E-state index contributed by atoms with van der Waals surface area (Å²) in [6, 6.07) is 15.3. The Balaban J connectivity index is 1.94. The molecule has 2 aromatic rings. The summed E-state index contributed by atoms with van der Waals surface area (Å²) in [5.41, 5.74) is 2.90. The van der Waals surface area contributed by atoms with E-state index in [4.69, 9.17) is 11.6 Å². The van der Waals surface area contributed by atoms with Gasteiger partial charge in [-0.25, -0.2) is 0 Å². The zero-order valence-electron chi connectivity index (χ0n) is 13.6. The van der Waals surface area contributed by atoms with Gasteiger partial charge in [-0.1, -0.05) is 54.1 Å². The van der Waals surface area contributed by atoms with E-state index in [-0.39, 0.29) is 5.78 Å². The highest BCUT2D eigenvalue weighted by atomic mass is 35.5. The summed E-state index contributed by atoms with van der Waals surface area (Å²) in [6.45, 7) is 1.07. The molecule has 0 amide bonds. The highest BCUT2D eigenvalue weighted by Gasteiger charge is 2.02. The van der Waals surface area contributed by atoms with Crippen molar-refractivity contribution in [3.05, 3.63) is 76.3 Å². The molecule has 0 saturated heterocycles. The van der Waals surface area contributed by atoms with E-state index in [1.54, 1.807) is 12.2 Å². The molecule has 0 saturated carbocycles. The largest absolute Gasteiger partial charge is 0.309 e. The Kier molecular flexibility index (Phi) is 6.57. The number of carbonyl (C=O) groups is 1. The van der Waals surface area contributed by atoms with Gasteiger partial charge >= 0.3 is 0 Å². The number of hydrogen-bond acceptors (Lipinski definition) is 2. The smallest absolute Gasteiger partial charge is 0.185 e. The molecule has 0 fully saturated rings. The maximum absolute atomic E-state index is 12.2. The molecule has 2 nitrogen and oxygen atoms in total. The van der Waals surface area contributed by atoms with Crippen LogP contribution in [0.5, 0.6) is 0 Å². The van der Waals surface area contributed by atoms with Gasteiger partial charge in [0.05, 0.1) is 0 Å². The van der Waals surface area contributed by atoms with Crippen LogP contribution < -0.4 is 0 Å². The molecule has 0 unspecified atom stereocenters. The topological polar surface area (TPSA) is 20.3 Å². The van der Waals surface area contributed by atoms with Crippen molar-refractivity contribution in [1.29, 1.82) is 0 Å². The predicted molar refractivity (Wildman–Crippen MR) is 98.1 cm³/mol. The molecule has 0 aliphatic rings. The molecule has 0 aromatic heterocycles. The van der Waals surface area contributed by atoms with Crippen molar-refractivity contribution in [3.63, 3.8) is 0 Å². The molecule has 3 heteroatoms. The van der Waals surface area contributed by atoms with E-state index in [9.17, 15) is 4.79 Å². The molecule has 0 atom stereocenters. The number of hydrogen-bond donors (Lipinski definition) is 0. The number of aryl methyl sites for hydroxylation is 1. The zero-order valence-corrected chi connectivity index (χ0v) is 14.4. The maximum atomic E-state index is 12.2. The van der Waals surface area contributed by atoms with E-state index >= 15 is 0 Å². The summed E-state index contributed by atoms with van der Waals surface area (Å²) in [6.07, 6.45) is 5.53. The van der Waals surface area contributed by atoms with Crippen molar-refractivity contribution in [2.75, 3.05) is 20.6 Å². The van der Waals surface area contributed by atoms with E-state index in [0.29, 0.717) is 10.6 Å². The van der Waals surface area contributed by atoms with Crippen LogP contribution in [0, 0.1) is 0 Å². The van der Waals surface area contributed by atoms with Gasteiger partial charge in [0.2, 0.25) is 0 Å². The molecular weight excluding hydrogens is 306 g/mol. The molecule has 0 heterocycles. The SMILES string of the molecule is CN(C)CCCc1ccc(C(=O)/C=C/c2cccc(Cl)c2)cc1. The van der Waals surface area contributed by atoms with Gasteiger partial charge in [0.25, 0.3) is 0 Å². The highest BCUT2D eigenvalue weighted by Crippen LogP contribution is 2.13. The average molecular weight is 328 g/mol. The van der Waals surface area contributed by atoms with Gasteiger partial charge in [-0.2, -0.15) is 0 Å². The van der Waals surface area contributed by atoms with Crippen LogP contribution in [0.2, 0.25) is 5.02 Å². The summed E-state index contributed by atoms with van der Waals surface area (Å²) >= 11 is 5.93. The first-order chi connectivity index (χ1) is 11.0. The highest BCUT2D eigenvalue weighted by molar-refractivity contribution is 6.30. The lowest BCUT2D eigenvalue weighted by atomic mass is 10.0. The number of benzene rings is 2. The van der Waals surface area contributed by atoms with Crippen LogP contribution in [-0.2, 0) is 6.42 Å². The molecule has 0 radical (unpaired) electrons. The lowest BCUT2D eigenvalue weighted by Crippen LogP contribution is -2.13. The third-order valence-corrected chi connectivity index (χ3v) is 3.82. The van der Waals surface area contributed by atoms with Crippen LogP contribution >= 0.6 is 11.6 Å². The van der Waals surface area contributed by atoms with Gasteiger partial charge < -0.3 is 4.90 Å². The number of allylic oxidation sites excluding steroid dienone is 1. The number of nitrogens with zero attached hydrogens (tertiary/aromatic N) is 1. The standard InChI is InChI=1S/C20H22ClNO/c1-22(2)14-4-6-16-8-11-18(12-9-16)20(23)13-10-17-5-3-7-19(21)15-17/h3,5,7-13,15H,4,6,14H2,1-2H3/b13-10+. The van der Waals surface area contributed by atoms with Crippen molar-refractivity contribution in [3.8, 4) is 0 Å². The minimum atomic E-state index is 0.00446. The first-order valence-electron chi connectivity index (χ1n) is 7.76. The minimum Gasteiger partial charge on any atom is -0.309 e. The number of carbonyl (C=O) groups excluding carboxylic acids is 1. The molecule has 0 spiro atoms. The Hall–Kier alpha value is -1.90. The van der Waals surface area contributed by atoms with E-state index < -0.39 is 0 Å². The van der Waals surface area contributed by atoms with Gasteiger partial charge in [0.15, 0.2) is 5.78 Å².